The Balaban J connectivity index is 3.92. The largest absolute Gasteiger partial charge is 0.462 e. The number of ether oxygens (including phenoxy) is 1. The Morgan fingerprint density at radius 3 is 2.35 bits per heavy atom. The van der Waals surface area contributed by atoms with Crippen LogP contribution in [0.25, 0.3) is 0 Å². The lowest BCUT2D eigenvalue weighted by Gasteiger charge is -2.12. The van der Waals surface area contributed by atoms with Crippen LogP contribution in [0.4, 0.5) is 0 Å². The highest BCUT2D eigenvalue weighted by Crippen LogP contribution is 2.18. The molecule has 0 aromatic rings. The van der Waals surface area contributed by atoms with Crippen LogP contribution >= 0.6 is 0 Å². The van der Waals surface area contributed by atoms with Crippen LogP contribution in [0.5, 0.6) is 0 Å². The van der Waals surface area contributed by atoms with E-state index in [9.17, 15) is 4.79 Å². The topological polar surface area (TPSA) is 26.3 Å². The van der Waals surface area contributed by atoms with E-state index >= 15 is 0 Å². The molecule has 1 atom stereocenters. The standard InChI is InChI=1S/C18H34O2/c1-5-8-10-11-15-20-18(19)16(4)13-14-17(7-3)12-9-6-2/h13,17H,5-12,14-15H2,1-4H3/b16-13+. The molecule has 0 radical (unpaired) electrons. The Kier molecular flexibility index (Phi) is 12.7. The summed E-state index contributed by atoms with van der Waals surface area (Å²) in [4.78, 5) is 11.8. The molecule has 0 heterocycles. The fourth-order valence-electron chi connectivity index (χ4n) is 2.22. The number of carbonyl (C=O) groups excluding carboxylic acids is 1. The van der Waals surface area contributed by atoms with Crippen molar-refractivity contribution in [2.24, 2.45) is 5.92 Å². The number of esters is 1. The molecule has 118 valence electrons. The fourth-order valence-corrected chi connectivity index (χ4v) is 2.22. The highest BCUT2D eigenvalue weighted by Gasteiger charge is 2.08. The first-order valence-electron chi connectivity index (χ1n) is 8.49. The van der Waals surface area contributed by atoms with E-state index in [-0.39, 0.29) is 5.97 Å². The van der Waals surface area contributed by atoms with Crippen LogP contribution in [0.2, 0.25) is 0 Å². The molecule has 0 amide bonds. The van der Waals surface area contributed by atoms with E-state index in [1.54, 1.807) is 0 Å². The summed E-state index contributed by atoms with van der Waals surface area (Å²) < 4.78 is 5.29. The third kappa shape index (κ3) is 10.1. The van der Waals surface area contributed by atoms with Gasteiger partial charge in [0.25, 0.3) is 0 Å². The molecule has 0 rings (SSSR count). The summed E-state index contributed by atoms with van der Waals surface area (Å²) in [6.07, 6.45) is 12.6. The maximum atomic E-state index is 11.8. The maximum Gasteiger partial charge on any atom is 0.333 e. The summed E-state index contributed by atoms with van der Waals surface area (Å²) in [6, 6.07) is 0. The molecular weight excluding hydrogens is 248 g/mol. The summed E-state index contributed by atoms with van der Waals surface area (Å²) in [6.45, 7) is 9.08. The Morgan fingerprint density at radius 1 is 1.05 bits per heavy atom. The Labute approximate surface area is 126 Å². The van der Waals surface area contributed by atoms with E-state index in [1.165, 1.54) is 38.5 Å². The van der Waals surface area contributed by atoms with Crippen molar-refractivity contribution in [3.05, 3.63) is 11.6 Å². The van der Waals surface area contributed by atoms with Crippen molar-refractivity contribution < 1.29 is 9.53 Å². The molecule has 0 aliphatic heterocycles. The third-order valence-corrected chi connectivity index (χ3v) is 3.85. The van der Waals surface area contributed by atoms with Crippen molar-refractivity contribution in [1.82, 2.24) is 0 Å². The summed E-state index contributed by atoms with van der Waals surface area (Å²) in [5, 5.41) is 0. The molecule has 1 unspecified atom stereocenters. The third-order valence-electron chi connectivity index (χ3n) is 3.85. The van der Waals surface area contributed by atoms with Gasteiger partial charge in [-0.1, -0.05) is 71.8 Å². The van der Waals surface area contributed by atoms with Crippen molar-refractivity contribution in [2.75, 3.05) is 6.61 Å². The molecule has 0 aromatic heterocycles. The van der Waals surface area contributed by atoms with E-state index in [0.29, 0.717) is 12.5 Å². The van der Waals surface area contributed by atoms with Gasteiger partial charge in [0.05, 0.1) is 6.61 Å². The highest BCUT2D eigenvalue weighted by molar-refractivity contribution is 5.87. The zero-order valence-electron chi connectivity index (χ0n) is 14.0. The van der Waals surface area contributed by atoms with Gasteiger partial charge in [0.2, 0.25) is 0 Å². The van der Waals surface area contributed by atoms with Crippen LogP contribution in [0.3, 0.4) is 0 Å². The lowest BCUT2D eigenvalue weighted by atomic mass is 9.95. The summed E-state index contributed by atoms with van der Waals surface area (Å²) >= 11 is 0. The van der Waals surface area contributed by atoms with Gasteiger partial charge in [-0.2, -0.15) is 0 Å². The quantitative estimate of drug-likeness (QED) is 0.262. The SMILES string of the molecule is CCCCCCOC(=O)/C(C)=C/CC(CC)CCCC. The minimum atomic E-state index is -0.133. The molecule has 2 nitrogen and oxygen atoms in total. The number of allylic oxidation sites excluding steroid dienone is 1. The molecule has 0 aliphatic rings. The van der Waals surface area contributed by atoms with Crippen LogP contribution in [-0.4, -0.2) is 12.6 Å². The number of rotatable bonds is 12. The van der Waals surface area contributed by atoms with Crippen LogP contribution in [0.1, 0.15) is 85.5 Å². The molecule has 0 bridgehead atoms. The number of hydrogen-bond donors (Lipinski definition) is 0. The molecule has 0 fully saturated rings. The first kappa shape index (κ1) is 19.2. The summed E-state index contributed by atoms with van der Waals surface area (Å²) in [5.41, 5.74) is 0.774. The van der Waals surface area contributed by atoms with Gasteiger partial charge in [-0.05, 0) is 25.7 Å². The van der Waals surface area contributed by atoms with Crippen molar-refractivity contribution in [3.63, 3.8) is 0 Å². The molecule has 0 aromatic carbocycles. The van der Waals surface area contributed by atoms with Crippen molar-refractivity contribution >= 4 is 5.97 Å². The van der Waals surface area contributed by atoms with Gasteiger partial charge in [-0.25, -0.2) is 4.79 Å². The predicted molar refractivity (Wildman–Crippen MR) is 86.8 cm³/mol. The first-order valence-corrected chi connectivity index (χ1v) is 8.49. The van der Waals surface area contributed by atoms with E-state index < -0.39 is 0 Å². The number of unbranched alkanes of at least 4 members (excludes halogenated alkanes) is 4. The van der Waals surface area contributed by atoms with Gasteiger partial charge in [0.15, 0.2) is 0 Å². The lowest BCUT2D eigenvalue weighted by Crippen LogP contribution is -2.08. The second-order valence-electron chi connectivity index (χ2n) is 5.74. The molecular formula is C18H34O2. The van der Waals surface area contributed by atoms with E-state index in [4.69, 9.17) is 4.74 Å². The molecule has 0 aliphatic carbocycles. The average molecular weight is 282 g/mol. The molecule has 0 N–H and O–H groups in total. The van der Waals surface area contributed by atoms with E-state index in [1.807, 2.05) is 6.92 Å². The monoisotopic (exact) mass is 282 g/mol. The zero-order chi connectivity index (χ0) is 15.2. The van der Waals surface area contributed by atoms with Gasteiger partial charge >= 0.3 is 5.97 Å². The van der Waals surface area contributed by atoms with Crippen molar-refractivity contribution in [3.8, 4) is 0 Å². The number of hydrogen-bond acceptors (Lipinski definition) is 2. The fraction of sp³-hybridized carbons (Fsp3) is 0.833. The maximum absolute atomic E-state index is 11.8. The Bertz CT molecular complexity index is 269. The van der Waals surface area contributed by atoms with Gasteiger partial charge in [0, 0.05) is 5.57 Å². The average Bonchev–Trinajstić information content (AvgIpc) is 2.46. The van der Waals surface area contributed by atoms with Gasteiger partial charge in [-0.15, -0.1) is 0 Å². The van der Waals surface area contributed by atoms with E-state index in [0.717, 1.165) is 24.8 Å². The van der Waals surface area contributed by atoms with Crippen molar-refractivity contribution in [1.29, 1.82) is 0 Å². The molecule has 0 saturated carbocycles. The minimum absolute atomic E-state index is 0.133. The molecule has 2 heteroatoms. The molecule has 20 heavy (non-hydrogen) atoms. The zero-order valence-corrected chi connectivity index (χ0v) is 14.0. The van der Waals surface area contributed by atoms with Crippen LogP contribution < -0.4 is 0 Å². The summed E-state index contributed by atoms with van der Waals surface area (Å²) in [7, 11) is 0. The lowest BCUT2D eigenvalue weighted by molar-refractivity contribution is -0.139. The molecule has 0 spiro atoms. The van der Waals surface area contributed by atoms with Crippen LogP contribution in [0.15, 0.2) is 11.6 Å². The van der Waals surface area contributed by atoms with Crippen molar-refractivity contribution in [2.45, 2.75) is 85.5 Å². The molecule has 0 saturated heterocycles. The highest BCUT2D eigenvalue weighted by atomic mass is 16.5. The number of carbonyl (C=O) groups is 1. The second kappa shape index (κ2) is 13.2. The van der Waals surface area contributed by atoms with Crippen LogP contribution in [-0.2, 0) is 9.53 Å². The predicted octanol–water partition coefficient (Wildman–Crippen LogP) is 5.66. The minimum Gasteiger partial charge on any atom is -0.462 e. The van der Waals surface area contributed by atoms with Crippen LogP contribution in [0, 0.1) is 5.92 Å². The summed E-state index contributed by atoms with van der Waals surface area (Å²) in [5.74, 6) is 0.578. The normalized spacial score (nSPS) is 13.3. The van der Waals surface area contributed by atoms with Gasteiger partial charge in [-0.3, -0.25) is 0 Å². The Morgan fingerprint density at radius 2 is 1.75 bits per heavy atom. The smallest absolute Gasteiger partial charge is 0.333 e. The second-order valence-corrected chi connectivity index (χ2v) is 5.74. The van der Waals surface area contributed by atoms with E-state index in [2.05, 4.69) is 26.8 Å². The first-order chi connectivity index (χ1) is 9.65. The van der Waals surface area contributed by atoms with Gasteiger partial charge in [0.1, 0.15) is 0 Å². The Hall–Kier alpha value is -0.790. The van der Waals surface area contributed by atoms with Gasteiger partial charge < -0.3 is 4.74 Å².